The lowest BCUT2D eigenvalue weighted by Gasteiger charge is -2.16. The summed E-state index contributed by atoms with van der Waals surface area (Å²) < 4.78 is 24.5. The van der Waals surface area contributed by atoms with Crippen molar-refractivity contribution in [3.8, 4) is 6.07 Å². The second kappa shape index (κ2) is 3.80. The second-order valence-corrected chi connectivity index (χ2v) is 5.79. The molecule has 0 unspecified atom stereocenters. The molecule has 4 nitrogen and oxygen atoms in total. The van der Waals surface area contributed by atoms with Gasteiger partial charge < -0.3 is 0 Å². The number of rotatable bonds is 2. The predicted octanol–water partition coefficient (Wildman–Crippen LogP) is 1.07. The zero-order valence-corrected chi connectivity index (χ0v) is 9.79. The zero-order chi connectivity index (χ0) is 11.8. The first-order valence-electron chi connectivity index (χ1n) is 4.99. The number of nitrogens with zero attached hydrogens (tertiary/aromatic N) is 2. The summed E-state index contributed by atoms with van der Waals surface area (Å²) in [5.41, 5.74) is 2.62. The second-order valence-electron chi connectivity index (χ2n) is 3.88. The van der Waals surface area contributed by atoms with E-state index in [2.05, 4.69) is 6.07 Å². The Morgan fingerprint density at radius 1 is 1.50 bits per heavy atom. The molecule has 0 atom stereocenters. The van der Waals surface area contributed by atoms with Crippen molar-refractivity contribution in [3.05, 3.63) is 29.3 Å². The van der Waals surface area contributed by atoms with Crippen molar-refractivity contribution in [3.63, 3.8) is 0 Å². The highest BCUT2D eigenvalue weighted by molar-refractivity contribution is 7.92. The Labute approximate surface area is 95.2 Å². The molecular formula is C11H12N2O2S. The van der Waals surface area contributed by atoms with Crippen LogP contribution in [0.5, 0.6) is 0 Å². The molecule has 0 radical (unpaired) electrons. The van der Waals surface area contributed by atoms with E-state index in [1.165, 1.54) is 10.6 Å². The van der Waals surface area contributed by atoms with Crippen LogP contribution in [0.2, 0.25) is 0 Å². The van der Waals surface area contributed by atoms with E-state index in [1.807, 2.05) is 12.1 Å². The molecular weight excluding hydrogens is 224 g/mol. The van der Waals surface area contributed by atoms with Crippen LogP contribution in [0.4, 0.5) is 5.69 Å². The molecule has 1 aromatic rings. The molecule has 5 heteroatoms. The van der Waals surface area contributed by atoms with Crippen LogP contribution in [-0.2, 0) is 22.9 Å². The number of benzene rings is 1. The van der Waals surface area contributed by atoms with E-state index in [4.69, 9.17) is 5.26 Å². The minimum absolute atomic E-state index is 0.310. The van der Waals surface area contributed by atoms with E-state index in [-0.39, 0.29) is 0 Å². The first kappa shape index (κ1) is 11.0. The number of nitriles is 1. The number of hydrogen-bond donors (Lipinski definition) is 0. The maximum atomic E-state index is 11.5. The Morgan fingerprint density at radius 2 is 2.25 bits per heavy atom. The highest BCUT2D eigenvalue weighted by Gasteiger charge is 2.25. The molecule has 2 rings (SSSR count). The Balaban J connectivity index is 2.46. The topological polar surface area (TPSA) is 61.2 Å². The van der Waals surface area contributed by atoms with Gasteiger partial charge in [-0.15, -0.1) is 0 Å². The summed E-state index contributed by atoms with van der Waals surface area (Å²) in [4.78, 5) is 0. The molecule has 0 saturated heterocycles. The van der Waals surface area contributed by atoms with Crippen molar-refractivity contribution in [1.82, 2.24) is 0 Å². The molecule has 0 N–H and O–H groups in total. The molecule has 1 aliphatic rings. The Hall–Kier alpha value is -1.54. The molecule has 0 spiro atoms. The van der Waals surface area contributed by atoms with Gasteiger partial charge in [-0.25, -0.2) is 8.42 Å². The van der Waals surface area contributed by atoms with Crippen molar-refractivity contribution >= 4 is 15.7 Å². The third-order valence-electron chi connectivity index (χ3n) is 2.69. The van der Waals surface area contributed by atoms with Crippen molar-refractivity contribution in [2.75, 3.05) is 17.1 Å². The molecule has 1 aromatic carbocycles. The van der Waals surface area contributed by atoms with Gasteiger partial charge in [-0.3, -0.25) is 4.31 Å². The van der Waals surface area contributed by atoms with Crippen LogP contribution in [0.3, 0.4) is 0 Å². The maximum Gasteiger partial charge on any atom is 0.232 e. The normalized spacial score (nSPS) is 14.6. The summed E-state index contributed by atoms with van der Waals surface area (Å²) in [7, 11) is -3.20. The summed E-state index contributed by atoms with van der Waals surface area (Å²) in [6.07, 6.45) is 2.26. The third-order valence-corrected chi connectivity index (χ3v) is 3.87. The lowest BCUT2D eigenvalue weighted by molar-refractivity contribution is 0.598. The average molecular weight is 236 g/mol. The van der Waals surface area contributed by atoms with Crippen molar-refractivity contribution in [2.45, 2.75) is 12.8 Å². The number of anilines is 1. The van der Waals surface area contributed by atoms with E-state index in [0.717, 1.165) is 23.2 Å². The van der Waals surface area contributed by atoms with E-state index in [9.17, 15) is 8.42 Å². The van der Waals surface area contributed by atoms with E-state index in [0.29, 0.717) is 13.0 Å². The van der Waals surface area contributed by atoms with Crippen LogP contribution in [0.25, 0.3) is 0 Å². The number of sulfonamides is 1. The molecule has 0 aliphatic carbocycles. The molecule has 1 heterocycles. The van der Waals surface area contributed by atoms with Gasteiger partial charge in [-0.1, -0.05) is 12.1 Å². The summed E-state index contributed by atoms with van der Waals surface area (Å²) in [5, 5.41) is 8.61. The van der Waals surface area contributed by atoms with Crippen LogP contribution in [-0.4, -0.2) is 21.2 Å². The van der Waals surface area contributed by atoms with E-state index in [1.54, 1.807) is 6.07 Å². The Morgan fingerprint density at radius 3 is 2.88 bits per heavy atom. The van der Waals surface area contributed by atoms with E-state index >= 15 is 0 Å². The lowest BCUT2D eigenvalue weighted by Crippen LogP contribution is -2.27. The standard InChI is InChI=1S/C11H12N2O2S/c1-16(14,15)13-7-5-10-3-2-9(4-6-12)8-11(10)13/h2-3,8H,4-5,7H2,1H3. The average Bonchev–Trinajstić information content (AvgIpc) is 2.60. The number of hydrogen-bond acceptors (Lipinski definition) is 3. The highest BCUT2D eigenvalue weighted by atomic mass is 32.2. The molecule has 84 valence electrons. The largest absolute Gasteiger partial charge is 0.270 e. The number of fused-ring (bicyclic) bond motifs is 1. The van der Waals surface area contributed by atoms with Crippen LogP contribution in [0.15, 0.2) is 18.2 Å². The van der Waals surface area contributed by atoms with Gasteiger partial charge in [0.1, 0.15) is 0 Å². The molecule has 1 aliphatic heterocycles. The fourth-order valence-electron chi connectivity index (χ4n) is 1.94. The van der Waals surface area contributed by atoms with Gasteiger partial charge in [0.2, 0.25) is 10.0 Å². The zero-order valence-electron chi connectivity index (χ0n) is 8.97. The SMILES string of the molecule is CS(=O)(=O)N1CCc2ccc(CC#N)cc21. The van der Waals surface area contributed by atoms with Gasteiger partial charge in [0.15, 0.2) is 0 Å². The Bertz CT molecular complexity index is 558. The van der Waals surface area contributed by atoms with Crippen LogP contribution < -0.4 is 4.31 Å². The van der Waals surface area contributed by atoms with Gasteiger partial charge in [-0.05, 0) is 23.6 Å². The smallest absolute Gasteiger partial charge is 0.232 e. The van der Waals surface area contributed by atoms with Crippen molar-refractivity contribution in [1.29, 1.82) is 5.26 Å². The first-order chi connectivity index (χ1) is 7.52. The summed E-state index contributed by atoms with van der Waals surface area (Å²) in [5.74, 6) is 0. The highest BCUT2D eigenvalue weighted by Crippen LogP contribution is 2.30. The van der Waals surface area contributed by atoms with Crippen molar-refractivity contribution in [2.24, 2.45) is 0 Å². The van der Waals surface area contributed by atoms with Crippen molar-refractivity contribution < 1.29 is 8.42 Å². The van der Waals surface area contributed by atoms with Gasteiger partial charge in [0.25, 0.3) is 0 Å². The summed E-state index contributed by atoms with van der Waals surface area (Å²) >= 11 is 0. The summed E-state index contributed by atoms with van der Waals surface area (Å²) in [6, 6.07) is 7.65. The van der Waals surface area contributed by atoms with Crippen LogP contribution in [0.1, 0.15) is 11.1 Å². The molecule has 0 amide bonds. The Kier molecular flexibility index (Phi) is 2.60. The van der Waals surface area contributed by atoms with Crippen LogP contribution >= 0.6 is 0 Å². The molecule has 0 fully saturated rings. The first-order valence-corrected chi connectivity index (χ1v) is 6.83. The quantitative estimate of drug-likeness (QED) is 0.771. The fourth-order valence-corrected chi connectivity index (χ4v) is 2.89. The summed E-state index contributed by atoms with van der Waals surface area (Å²) in [6.45, 7) is 0.504. The monoisotopic (exact) mass is 236 g/mol. The van der Waals surface area contributed by atoms with E-state index < -0.39 is 10.0 Å². The minimum atomic E-state index is -3.20. The molecule has 0 bridgehead atoms. The minimum Gasteiger partial charge on any atom is -0.270 e. The lowest BCUT2D eigenvalue weighted by atomic mass is 10.1. The maximum absolute atomic E-state index is 11.5. The predicted molar refractivity (Wildman–Crippen MR) is 61.7 cm³/mol. The third kappa shape index (κ3) is 1.89. The van der Waals surface area contributed by atoms with Gasteiger partial charge in [0.05, 0.1) is 24.4 Å². The molecule has 0 saturated carbocycles. The van der Waals surface area contributed by atoms with Gasteiger partial charge in [-0.2, -0.15) is 5.26 Å². The van der Waals surface area contributed by atoms with Gasteiger partial charge >= 0.3 is 0 Å². The fraction of sp³-hybridized carbons (Fsp3) is 0.364. The molecule has 0 aromatic heterocycles. The van der Waals surface area contributed by atoms with Gasteiger partial charge in [0, 0.05) is 6.54 Å². The molecule has 16 heavy (non-hydrogen) atoms. The van der Waals surface area contributed by atoms with Crippen LogP contribution in [0, 0.1) is 11.3 Å².